The molecule has 1 aliphatic rings. The van der Waals surface area contributed by atoms with Gasteiger partial charge in [0.25, 0.3) is 0 Å². The fraction of sp³-hybridized carbons (Fsp3) is 0.417. The third-order valence-electron chi connectivity index (χ3n) is 3.11. The molecule has 1 saturated heterocycles. The van der Waals surface area contributed by atoms with Gasteiger partial charge in [-0.2, -0.15) is 4.98 Å². The van der Waals surface area contributed by atoms with Crippen molar-refractivity contribution >= 4 is 0 Å². The highest BCUT2D eigenvalue weighted by molar-refractivity contribution is 5.57. The summed E-state index contributed by atoms with van der Waals surface area (Å²) in [7, 11) is 0. The van der Waals surface area contributed by atoms with Crippen LogP contribution in [0.3, 0.4) is 0 Å². The normalized spacial score (nSPS) is 23.4. The molecule has 0 unspecified atom stereocenters. The average Bonchev–Trinajstić information content (AvgIpc) is 2.98. The largest absolute Gasteiger partial charge is 0.392 e. The number of hydrogen-bond acceptors (Lipinski definition) is 6. The molecule has 0 bridgehead atoms. The van der Waals surface area contributed by atoms with Crippen LogP contribution in [-0.4, -0.2) is 32.9 Å². The third kappa shape index (κ3) is 2.00. The number of rotatable bonds is 2. The zero-order valence-corrected chi connectivity index (χ0v) is 10.00. The topological polar surface area (TPSA) is 84.1 Å². The lowest BCUT2D eigenvalue weighted by Crippen LogP contribution is -2.15. The lowest BCUT2D eigenvalue weighted by Gasteiger charge is -2.01. The molecule has 3 rings (SSSR count). The lowest BCUT2D eigenvalue weighted by atomic mass is 10.1. The molecule has 2 aromatic heterocycles. The second-order valence-corrected chi connectivity index (χ2v) is 4.50. The molecule has 1 fully saturated rings. The number of aryl methyl sites for hydroxylation is 1. The highest BCUT2D eigenvalue weighted by Crippen LogP contribution is 2.25. The summed E-state index contributed by atoms with van der Waals surface area (Å²) in [5.74, 6) is 1.09. The molecule has 2 atom stereocenters. The zero-order valence-electron chi connectivity index (χ0n) is 10.00. The predicted molar refractivity (Wildman–Crippen MR) is 63.6 cm³/mol. The molecule has 18 heavy (non-hydrogen) atoms. The Kier molecular flexibility index (Phi) is 2.81. The Labute approximate surface area is 104 Å². The minimum absolute atomic E-state index is 0.0524. The quantitative estimate of drug-likeness (QED) is 0.816. The molecule has 0 aliphatic carbocycles. The standard InChI is InChI=1S/C12H14N4O2/c1-7-5-13-3-2-9(7)11-15-12(18-16-11)10-4-8(17)6-14-10/h2-3,5,8,10,14,17H,4,6H2,1H3/t8-,10-/m0/s1. The summed E-state index contributed by atoms with van der Waals surface area (Å²) < 4.78 is 5.25. The molecule has 0 spiro atoms. The first kappa shape index (κ1) is 11.3. The molecule has 2 aromatic rings. The van der Waals surface area contributed by atoms with Crippen molar-refractivity contribution in [2.75, 3.05) is 6.54 Å². The summed E-state index contributed by atoms with van der Waals surface area (Å²) in [5.41, 5.74) is 1.92. The van der Waals surface area contributed by atoms with E-state index in [0.29, 0.717) is 24.7 Å². The van der Waals surface area contributed by atoms with E-state index in [-0.39, 0.29) is 12.1 Å². The Morgan fingerprint density at radius 1 is 1.50 bits per heavy atom. The van der Waals surface area contributed by atoms with E-state index in [0.717, 1.165) is 11.1 Å². The Morgan fingerprint density at radius 2 is 2.39 bits per heavy atom. The van der Waals surface area contributed by atoms with Crippen molar-refractivity contribution in [3.8, 4) is 11.4 Å². The maximum absolute atomic E-state index is 9.47. The van der Waals surface area contributed by atoms with E-state index in [9.17, 15) is 5.11 Å². The van der Waals surface area contributed by atoms with E-state index in [2.05, 4.69) is 20.4 Å². The fourth-order valence-electron chi connectivity index (χ4n) is 2.12. The number of nitrogens with one attached hydrogen (secondary N) is 1. The van der Waals surface area contributed by atoms with E-state index in [4.69, 9.17) is 4.52 Å². The summed E-state index contributed by atoms with van der Waals surface area (Å²) in [6, 6.07) is 1.81. The highest BCUT2D eigenvalue weighted by atomic mass is 16.5. The van der Waals surface area contributed by atoms with Crippen LogP contribution < -0.4 is 5.32 Å². The Balaban J connectivity index is 1.88. The second-order valence-electron chi connectivity index (χ2n) is 4.50. The minimum Gasteiger partial charge on any atom is -0.392 e. The number of aliphatic hydroxyl groups excluding tert-OH is 1. The van der Waals surface area contributed by atoms with Gasteiger partial charge >= 0.3 is 0 Å². The summed E-state index contributed by atoms with van der Waals surface area (Å²) in [5, 5.41) is 16.6. The molecular formula is C12H14N4O2. The number of aliphatic hydroxyl groups is 1. The number of aromatic nitrogens is 3. The Morgan fingerprint density at radius 3 is 3.11 bits per heavy atom. The van der Waals surface area contributed by atoms with E-state index in [1.807, 2.05) is 13.0 Å². The van der Waals surface area contributed by atoms with Crippen molar-refractivity contribution in [1.82, 2.24) is 20.4 Å². The molecule has 1 aliphatic heterocycles. The smallest absolute Gasteiger partial charge is 0.244 e. The molecule has 0 aromatic carbocycles. The molecule has 0 saturated carbocycles. The van der Waals surface area contributed by atoms with E-state index in [1.165, 1.54) is 0 Å². The summed E-state index contributed by atoms with van der Waals surface area (Å²) in [6.07, 6.45) is 3.74. The van der Waals surface area contributed by atoms with Gasteiger partial charge in [0.2, 0.25) is 11.7 Å². The highest BCUT2D eigenvalue weighted by Gasteiger charge is 2.28. The first-order valence-corrected chi connectivity index (χ1v) is 5.90. The molecule has 0 amide bonds. The van der Waals surface area contributed by atoms with Crippen LogP contribution in [0.1, 0.15) is 23.9 Å². The number of nitrogens with zero attached hydrogens (tertiary/aromatic N) is 3. The van der Waals surface area contributed by atoms with Gasteiger partial charge in [-0.25, -0.2) is 0 Å². The van der Waals surface area contributed by atoms with Gasteiger partial charge in [0.05, 0.1) is 12.1 Å². The van der Waals surface area contributed by atoms with Gasteiger partial charge in [0.15, 0.2) is 0 Å². The van der Waals surface area contributed by atoms with Crippen molar-refractivity contribution < 1.29 is 9.63 Å². The molecule has 94 valence electrons. The average molecular weight is 246 g/mol. The summed E-state index contributed by atoms with van der Waals surface area (Å²) in [4.78, 5) is 8.41. The van der Waals surface area contributed by atoms with Crippen molar-refractivity contribution in [2.24, 2.45) is 0 Å². The van der Waals surface area contributed by atoms with Gasteiger partial charge in [-0.3, -0.25) is 4.98 Å². The number of pyridine rings is 1. The van der Waals surface area contributed by atoms with Crippen LogP contribution in [0, 0.1) is 6.92 Å². The summed E-state index contributed by atoms with van der Waals surface area (Å²) in [6.45, 7) is 2.52. The fourth-order valence-corrected chi connectivity index (χ4v) is 2.12. The van der Waals surface area contributed by atoms with Crippen LogP contribution in [0.15, 0.2) is 23.0 Å². The van der Waals surface area contributed by atoms with Gasteiger partial charge in [0.1, 0.15) is 0 Å². The monoisotopic (exact) mass is 246 g/mol. The minimum atomic E-state index is -0.340. The number of hydrogen-bond donors (Lipinski definition) is 2. The van der Waals surface area contributed by atoms with E-state index >= 15 is 0 Å². The third-order valence-corrected chi connectivity index (χ3v) is 3.11. The maximum Gasteiger partial charge on any atom is 0.244 e. The van der Waals surface area contributed by atoms with Crippen LogP contribution in [0.2, 0.25) is 0 Å². The van der Waals surface area contributed by atoms with Gasteiger partial charge in [0, 0.05) is 24.5 Å². The van der Waals surface area contributed by atoms with Crippen LogP contribution >= 0.6 is 0 Å². The molecular weight excluding hydrogens is 232 g/mol. The Hall–Kier alpha value is -1.79. The molecule has 6 nitrogen and oxygen atoms in total. The first-order valence-electron chi connectivity index (χ1n) is 5.90. The van der Waals surface area contributed by atoms with Crippen molar-refractivity contribution in [3.63, 3.8) is 0 Å². The van der Waals surface area contributed by atoms with Crippen molar-refractivity contribution in [2.45, 2.75) is 25.5 Å². The van der Waals surface area contributed by atoms with Crippen molar-refractivity contribution in [1.29, 1.82) is 0 Å². The van der Waals surface area contributed by atoms with Crippen LogP contribution in [-0.2, 0) is 0 Å². The van der Waals surface area contributed by atoms with Gasteiger partial charge in [-0.1, -0.05) is 5.16 Å². The SMILES string of the molecule is Cc1cnccc1-c1noc([C@@H]2C[C@H](O)CN2)n1. The van der Waals surface area contributed by atoms with Gasteiger partial charge < -0.3 is 14.9 Å². The van der Waals surface area contributed by atoms with E-state index in [1.54, 1.807) is 12.4 Å². The van der Waals surface area contributed by atoms with Gasteiger partial charge in [-0.15, -0.1) is 0 Å². The molecule has 3 heterocycles. The zero-order chi connectivity index (χ0) is 12.5. The first-order chi connectivity index (χ1) is 8.74. The van der Waals surface area contributed by atoms with Crippen LogP contribution in [0.4, 0.5) is 0 Å². The lowest BCUT2D eigenvalue weighted by molar-refractivity contribution is 0.191. The second kappa shape index (κ2) is 4.47. The predicted octanol–water partition coefficient (Wildman–Crippen LogP) is 0.835. The summed E-state index contributed by atoms with van der Waals surface area (Å²) >= 11 is 0. The molecule has 2 N–H and O–H groups in total. The maximum atomic E-state index is 9.47. The van der Waals surface area contributed by atoms with Crippen LogP contribution in [0.5, 0.6) is 0 Å². The van der Waals surface area contributed by atoms with Crippen molar-refractivity contribution in [3.05, 3.63) is 29.9 Å². The van der Waals surface area contributed by atoms with Gasteiger partial charge in [-0.05, 0) is 25.0 Å². The Bertz CT molecular complexity index is 555. The molecule has 6 heteroatoms. The number of β-amino-alcohol motifs (C(OH)–C–C–N with tert-alkyl or cyclic N) is 1. The van der Waals surface area contributed by atoms with Crippen LogP contribution in [0.25, 0.3) is 11.4 Å². The molecule has 0 radical (unpaired) electrons. The van der Waals surface area contributed by atoms with E-state index < -0.39 is 0 Å².